The summed E-state index contributed by atoms with van der Waals surface area (Å²) >= 11 is 1.54. The highest BCUT2D eigenvalue weighted by molar-refractivity contribution is 7.09. The van der Waals surface area contributed by atoms with Crippen LogP contribution in [0.2, 0.25) is 0 Å². The van der Waals surface area contributed by atoms with Crippen molar-refractivity contribution >= 4 is 17.2 Å². The van der Waals surface area contributed by atoms with E-state index in [2.05, 4.69) is 20.2 Å². The molecule has 1 amide bonds. The summed E-state index contributed by atoms with van der Waals surface area (Å²) in [5.74, 6) is 0.479. The van der Waals surface area contributed by atoms with Crippen molar-refractivity contribution in [1.29, 1.82) is 0 Å². The summed E-state index contributed by atoms with van der Waals surface area (Å²) in [6.45, 7) is 4.23. The van der Waals surface area contributed by atoms with Gasteiger partial charge in [0.1, 0.15) is 5.01 Å². The van der Waals surface area contributed by atoms with Crippen LogP contribution in [0.15, 0.2) is 82.9 Å². The van der Waals surface area contributed by atoms with E-state index in [1.807, 2.05) is 73.8 Å². The van der Waals surface area contributed by atoms with Gasteiger partial charge in [-0.05, 0) is 55.7 Å². The van der Waals surface area contributed by atoms with Gasteiger partial charge in [-0.25, -0.2) is 4.98 Å². The molecule has 5 aromatic rings. The van der Waals surface area contributed by atoms with Crippen LogP contribution in [0.3, 0.4) is 0 Å². The molecule has 1 atom stereocenters. The SMILES string of the molecule is Cc1csc(CN(C)C(=O)c2cc(-c3cccnc3)cc(-c3nnc([C@](C)(N)Cc4ccccc4)o3)c2)n1. The Hall–Kier alpha value is -4.21. The van der Waals surface area contributed by atoms with Crippen molar-refractivity contribution in [3.63, 3.8) is 0 Å². The molecule has 5 rings (SSSR count). The molecular weight excluding hydrogens is 496 g/mol. The van der Waals surface area contributed by atoms with Gasteiger partial charge in [-0.3, -0.25) is 9.78 Å². The van der Waals surface area contributed by atoms with Gasteiger partial charge >= 0.3 is 0 Å². The number of pyridine rings is 1. The molecule has 0 unspecified atom stereocenters. The number of benzene rings is 2. The Labute approximate surface area is 225 Å². The second kappa shape index (κ2) is 10.6. The molecule has 0 saturated carbocycles. The van der Waals surface area contributed by atoms with Crippen molar-refractivity contribution in [3.8, 4) is 22.6 Å². The number of aromatic nitrogens is 4. The van der Waals surface area contributed by atoms with E-state index in [0.717, 1.165) is 27.4 Å². The van der Waals surface area contributed by atoms with Crippen molar-refractivity contribution in [1.82, 2.24) is 25.1 Å². The van der Waals surface area contributed by atoms with Gasteiger partial charge in [0.25, 0.3) is 5.91 Å². The van der Waals surface area contributed by atoms with Gasteiger partial charge in [-0.2, -0.15) is 0 Å². The average molecular weight is 525 g/mol. The van der Waals surface area contributed by atoms with Crippen LogP contribution in [0.5, 0.6) is 0 Å². The third kappa shape index (κ3) is 5.69. The van der Waals surface area contributed by atoms with Crippen LogP contribution >= 0.6 is 11.3 Å². The molecule has 0 spiro atoms. The van der Waals surface area contributed by atoms with Gasteiger partial charge in [-0.1, -0.05) is 36.4 Å². The van der Waals surface area contributed by atoms with E-state index in [-0.39, 0.29) is 5.91 Å². The van der Waals surface area contributed by atoms with Gasteiger partial charge in [0.2, 0.25) is 11.8 Å². The van der Waals surface area contributed by atoms with E-state index in [1.54, 1.807) is 30.4 Å². The molecule has 3 aromatic heterocycles. The van der Waals surface area contributed by atoms with Gasteiger partial charge in [0, 0.05) is 47.2 Å². The number of rotatable bonds is 8. The Morgan fingerprint density at radius 3 is 2.55 bits per heavy atom. The lowest BCUT2D eigenvalue weighted by molar-refractivity contribution is 0.0785. The zero-order valence-electron chi connectivity index (χ0n) is 21.5. The molecule has 0 fully saturated rings. The first-order valence-electron chi connectivity index (χ1n) is 12.2. The molecule has 0 radical (unpaired) electrons. The minimum absolute atomic E-state index is 0.141. The van der Waals surface area contributed by atoms with Crippen LogP contribution < -0.4 is 5.73 Å². The maximum atomic E-state index is 13.5. The second-order valence-corrected chi connectivity index (χ2v) is 10.5. The summed E-state index contributed by atoms with van der Waals surface area (Å²) in [7, 11) is 1.77. The fourth-order valence-electron chi connectivity index (χ4n) is 4.21. The van der Waals surface area contributed by atoms with Gasteiger partial charge in [0.15, 0.2) is 0 Å². The zero-order valence-corrected chi connectivity index (χ0v) is 22.3. The number of aryl methyl sites for hydroxylation is 1. The summed E-state index contributed by atoms with van der Waals surface area (Å²) < 4.78 is 6.10. The summed E-state index contributed by atoms with van der Waals surface area (Å²) in [5.41, 5.74) is 10.6. The van der Waals surface area contributed by atoms with E-state index in [0.29, 0.717) is 35.9 Å². The molecule has 0 aliphatic heterocycles. The summed E-state index contributed by atoms with van der Waals surface area (Å²) in [6, 6.07) is 19.3. The number of nitrogens with two attached hydrogens (primary N) is 1. The third-order valence-electron chi connectivity index (χ3n) is 6.14. The Balaban J connectivity index is 1.48. The molecule has 2 N–H and O–H groups in total. The molecule has 0 saturated heterocycles. The number of carbonyl (C=O) groups is 1. The lowest BCUT2D eigenvalue weighted by atomic mass is 9.94. The highest BCUT2D eigenvalue weighted by Crippen LogP contribution is 2.30. The minimum Gasteiger partial charge on any atom is -0.419 e. The molecule has 0 bridgehead atoms. The van der Waals surface area contributed by atoms with Crippen LogP contribution in [0.4, 0.5) is 0 Å². The molecule has 192 valence electrons. The summed E-state index contributed by atoms with van der Waals surface area (Å²) in [6.07, 6.45) is 4.00. The van der Waals surface area contributed by atoms with Crippen molar-refractivity contribution in [3.05, 3.63) is 106 Å². The van der Waals surface area contributed by atoms with E-state index < -0.39 is 5.54 Å². The fraction of sp³-hybridized carbons (Fsp3) is 0.207. The van der Waals surface area contributed by atoms with Gasteiger partial charge in [0.05, 0.1) is 12.1 Å². The smallest absolute Gasteiger partial charge is 0.254 e. The van der Waals surface area contributed by atoms with Gasteiger partial charge in [-0.15, -0.1) is 21.5 Å². The summed E-state index contributed by atoms with van der Waals surface area (Å²) in [4.78, 5) is 23.9. The first-order valence-corrected chi connectivity index (χ1v) is 13.1. The molecule has 3 heterocycles. The van der Waals surface area contributed by atoms with Crippen LogP contribution in [-0.4, -0.2) is 38.0 Å². The lowest BCUT2D eigenvalue weighted by Crippen LogP contribution is -2.35. The van der Waals surface area contributed by atoms with Gasteiger partial charge < -0.3 is 15.1 Å². The predicted molar refractivity (Wildman–Crippen MR) is 147 cm³/mol. The number of nitrogens with zero attached hydrogens (tertiary/aromatic N) is 5. The zero-order chi connectivity index (χ0) is 26.7. The fourth-order valence-corrected chi connectivity index (χ4v) is 5.04. The van der Waals surface area contributed by atoms with E-state index in [1.165, 1.54) is 11.3 Å². The second-order valence-electron chi connectivity index (χ2n) is 9.58. The standard InChI is InChI=1S/C29H28N6O2S/c1-19-18-38-25(32-19)17-35(3)27(36)24-13-22(21-10-7-11-31-16-21)12-23(14-24)26-33-34-28(37-26)29(2,30)15-20-8-5-4-6-9-20/h4-14,16,18H,15,17,30H2,1-3H3/t29-/m1/s1. The number of thiazole rings is 1. The lowest BCUT2D eigenvalue weighted by Gasteiger charge is -2.20. The maximum Gasteiger partial charge on any atom is 0.254 e. The highest BCUT2D eigenvalue weighted by Gasteiger charge is 2.29. The Morgan fingerprint density at radius 2 is 1.84 bits per heavy atom. The topological polar surface area (TPSA) is 111 Å². The van der Waals surface area contributed by atoms with E-state index >= 15 is 0 Å². The Kier molecular flexibility index (Phi) is 7.13. The third-order valence-corrected chi connectivity index (χ3v) is 7.09. The number of hydrogen-bond acceptors (Lipinski definition) is 8. The van der Waals surface area contributed by atoms with Crippen LogP contribution in [0, 0.1) is 6.92 Å². The largest absolute Gasteiger partial charge is 0.419 e. The first-order chi connectivity index (χ1) is 18.3. The highest BCUT2D eigenvalue weighted by atomic mass is 32.1. The molecule has 9 heteroatoms. The van der Waals surface area contributed by atoms with Crippen LogP contribution in [-0.2, 0) is 18.5 Å². The van der Waals surface area contributed by atoms with Crippen molar-refractivity contribution in [2.45, 2.75) is 32.4 Å². The molecule has 38 heavy (non-hydrogen) atoms. The molecule has 2 aromatic carbocycles. The number of hydrogen-bond donors (Lipinski definition) is 1. The molecule has 0 aliphatic rings. The minimum atomic E-state index is -0.863. The normalized spacial score (nSPS) is 12.7. The monoisotopic (exact) mass is 524 g/mol. The number of amides is 1. The van der Waals surface area contributed by atoms with Crippen LogP contribution in [0.1, 0.15) is 39.4 Å². The Morgan fingerprint density at radius 1 is 1.05 bits per heavy atom. The first kappa shape index (κ1) is 25.4. The maximum absolute atomic E-state index is 13.5. The van der Waals surface area contributed by atoms with E-state index in [9.17, 15) is 4.79 Å². The van der Waals surface area contributed by atoms with Crippen LogP contribution in [0.25, 0.3) is 22.6 Å². The molecular formula is C29H28N6O2S. The molecule has 0 aliphatic carbocycles. The number of carbonyl (C=O) groups excluding carboxylic acids is 1. The van der Waals surface area contributed by atoms with E-state index in [4.69, 9.17) is 10.2 Å². The predicted octanol–water partition coefficient (Wildman–Crippen LogP) is 5.25. The van der Waals surface area contributed by atoms with Crippen molar-refractivity contribution in [2.75, 3.05) is 7.05 Å². The van der Waals surface area contributed by atoms with Crippen molar-refractivity contribution < 1.29 is 9.21 Å². The summed E-state index contributed by atoms with van der Waals surface area (Å²) in [5, 5.41) is 11.4. The van der Waals surface area contributed by atoms with Crippen molar-refractivity contribution in [2.24, 2.45) is 5.73 Å². The Bertz CT molecular complexity index is 1550. The quantitative estimate of drug-likeness (QED) is 0.295. The molecule has 8 nitrogen and oxygen atoms in total. The average Bonchev–Trinajstić information content (AvgIpc) is 3.59.